The van der Waals surface area contributed by atoms with Crippen molar-refractivity contribution in [2.75, 3.05) is 6.61 Å². The van der Waals surface area contributed by atoms with E-state index in [2.05, 4.69) is 11.1 Å². The zero-order valence-corrected chi connectivity index (χ0v) is 9.76. The van der Waals surface area contributed by atoms with Gasteiger partial charge in [0.15, 0.2) is 0 Å². The minimum atomic E-state index is 0.464. The Morgan fingerprint density at radius 3 is 3.06 bits per heavy atom. The Morgan fingerprint density at radius 2 is 2.35 bits per heavy atom. The molecule has 0 N–H and O–H groups in total. The normalized spacial score (nSPS) is 9.88. The van der Waals surface area contributed by atoms with Crippen molar-refractivity contribution in [3.63, 3.8) is 0 Å². The summed E-state index contributed by atoms with van der Waals surface area (Å²) in [4.78, 5) is 3.93. The van der Waals surface area contributed by atoms with Gasteiger partial charge < -0.3 is 9.30 Å². The van der Waals surface area contributed by atoms with Crippen LogP contribution in [0, 0.1) is 11.3 Å². The van der Waals surface area contributed by atoms with Gasteiger partial charge in [0, 0.05) is 23.5 Å². The maximum atomic E-state index is 8.90. The molecule has 2 rings (SSSR count). The van der Waals surface area contributed by atoms with E-state index in [0.717, 1.165) is 0 Å². The van der Waals surface area contributed by atoms with Crippen molar-refractivity contribution < 1.29 is 4.74 Å². The number of nitrogens with zero attached hydrogens (tertiary/aromatic N) is 3. The van der Waals surface area contributed by atoms with Gasteiger partial charge in [-0.3, -0.25) is 0 Å². The summed E-state index contributed by atoms with van der Waals surface area (Å²) >= 11 is 5.85. The first-order valence-corrected chi connectivity index (χ1v) is 5.45. The first-order valence-electron chi connectivity index (χ1n) is 5.08. The average molecular weight is 248 g/mol. The molecule has 0 amide bonds. The monoisotopic (exact) mass is 247 g/mol. The number of hydrogen-bond donors (Lipinski definition) is 0. The molecule has 4 nitrogen and oxygen atoms in total. The van der Waals surface area contributed by atoms with Crippen LogP contribution in [-0.4, -0.2) is 16.2 Å². The van der Waals surface area contributed by atoms with Crippen LogP contribution in [-0.2, 0) is 6.54 Å². The van der Waals surface area contributed by atoms with Gasteiger partial charge in [0.25, 0.3) is 0 Å². The van der Waals surface area contributed by atoms with E-state index < -0.39 is 0 Å². The van der Waals surface area contributed by atoms with Crippen molar-refractivity contribution in [3.8, 4) is 11.8 Å². The van der Waals surface area contributed by atoms with Crippen LogP contribution in [0.3, 0.4) is 0 Å². The summed E-state index contributed by atoms with van der Waals surface area (Å²) in [5.41, 5.74) is 0.486. The van der Waals surface area contributed by atoms with Gasteiger partial charge in [0.1, 0.15) is 18.4 Å². The largest absolute Gasteiger partial charge is 0.490 e. The van der Waals surface area contributed by atoms with Crippen molar-refractivity contribution in [3.05, 3.63) is 47.5 Å². The number of nitriles is 1. The molecule has 0 bridgehead atoms. The summed E-state index contributed by atoms with van der Waals surface area (Å²) < 4.78 is 7.43. The fourth-order valence-corrected chi connectivity index (χ4v) is 1.55. The van der Waals surface area contributed by atoms with Crippen LogP contribution in [0.4, 0.5) is 0 Å². The molecule has 17 heavy (non-hydrogen) atoms. The van der Waals surface area contributed by atoms with E-state index in [4.69, 9.17) is 21.6 Å². The summed E-state index contributed by atoms with van der Waals surface area (Å²) in [7, 11) is 0. The van der Waals surface area contributed by atoms with Crippen LogP contribution < -0.4 is 4.74 Å². The highest BCUT2D eigenvalue weighted by Gasteiger charge is 2.03. The number of imidazole rings is 1. The van der Waals surface area contributed by atoms with Crippen molar-refractivity contribution in [2.45, 2.75) is 6.54 Å². The molecule has 0 radical (unpaired) electrons. The molecule has 1 heterocycles. The Labute approximate surface area is 104 Å². The highest BCUT2D eigenvalue weighted by Crippen LogP contribution is 2.22. The summed E-state index contributed by atoms with van der Waals surface area (Å²) in [5, 5.41) is 9.46. The second kappa shape index (κ2) is 5.37. The fourth-order valence-electron chi connectivity index (χ4n) is 1.39. The molecule has 5 heteroatoms. The Kier molecular flexibility index (Phi) is 3.63. The maximum absolute atomic E-state index is 8.90. The molecule has 1 aromatic carbocycles. The third kappa shape index (κ3) is 2.99. The van der Waals surface area contributed by atoms with Crippen LogP contribution >= 0.6 is 11.6 Å². The SMILES string of the molecule is N#Cc1ccc(Cl)cc1OCCn1ccnc1. The Balaban J connectivity index is 1.99. The predicted octanol–water partition coefficient (Wildman–Crippen LogP) is 2.49. The number of hydrogen-bond acceptors (Lipinski definition) is 3. The summed E-state index contributed by atoms with van der Waals surface area (Å²) in [6, 6.07) is 7.03. The highest BCUT2D eigenvalue weighted by molar-refractivity contribution is 6.30. The maximum Gasteiger partial charge on any atom is 0.138 e. The van der Waals surface area contributed by atoms with Crippen molar-refractivity contribution >= 4 is 11.6 Å². The minimum absolute atomic E-state index is 0.464. The predicted molar refractivity (Wildman–Crippen MR) is 63.9 cm³/mol. The second-order valence-corrected chi connectivity index (χ2v) is 3.84. The smallest absolute Gasteiger partial charge is 0.138 e. The number of halogens is 1. The molecule has 0 aliphatic carbocycles. The van der Waals surface area contributed by atoms with E-state index in [1.54, 1.807) is 30.7 Å². The lowest BCUT2D eigenvalue weighted by Gasteiger charge is -2.08. The average Bonchev–Trinajstić information content (AvgIpc) is 2.82. The van der Waals surface area contributed by atoms with Gasteiger partial charge in [-0.25, -0.2) is 4.98 Å². The van der Waals surface area contributed by atoms with Crippen LogP contribution in [0.1, 0.15) is 5.56 Å². The van der Waals surface area contributed by atoms with E-state index in [1.807, 2.05) is 10.8 Å². The van der Waals surface area contributed by atoms with E-state index in [0.29, 0.717) is 29.5 Å². The molecule has 0 aliphatic heterocycles. The quantitative estimate of drug-likeness (QED) is 0.834. The number of ether oxygens (including phenoxy) is 1. The standard InChI is InChI=1S/C12H10ClN3O/c13-11-2-1-10(8-14)12(7-11)17-6-5-16-4-3-15-9-16/h1-4,7,9H,5-6H2. The lowest BCUT2D eigenvalue weighted by Crippen LogP contribution is -2.07. The first kappa shape index (κ1) is 11.5. The molecular weight excluding hydrogens is 238 g/mol. The Hall–Kier alpha value is -1.99. The van der Waals surface area contributed by atoms with Gasteiger partial charge in [0.2, 0.25) is 0 Å². The van der Waals surface area contributed by atoms with Crippen molar-refractivity contribution in [1.82, 2.24) is 9.55 Å². The highest BCUT2D eigenvalue weighted by atomic mass is 35.5. The van der Waals surface area contributed by atoms with E-state index in [-0.39, 0.29) is 0 Å². The molecule has 0 unspecified atom stereocenters. The van der Waals surface area contributed by atoms with Gasteiger partial charge in [-0.05, 0) is 12.1 Å². The van der Waals surface area contributed by atoms with Crippen molar-refractivity contribution in [2.24, 2.45) is 0 Å². The lowest BCUT2D eigenvalue weighted by atomic mass is 10.2. The van der Waals surface area contributed by atoms with Gasteiger partial charge in [-0.15, -0.1) is 0 Å². The van der Waals surface area contributed by atoms with Gasteiger partial charge in [0.05, 0.1) is 18.4 Å². The topological polar surface area (TPSA) is 50.8 Å². The van der Waals surface area contributed by atoms with E-state index in [9.17, 15) is 0 Å². The lowest BCUT2D eigenvalue weighted by molar-refractivity contribution is 0.297. The van der Waals surface area contributed by atoms with Crippen LogP contribution in [0.2, 0.25) is 5.02 Å². The summed E-state index contributed by atoms with van der Waals surface area (Å²) in [6.45, 7) is 1.14. The minimum Gasteiger partial charge on any atom is -0.490 e. The number of benzene rings is 1. The molecule has 0 fully saturated rings. The van der Waals surface area contributed by atoms with Gasteiger partial charge >= 0.3 is 0 Å². The van der Waals surface area contributed by atoms with Crippen LogP contribution in [0.25, 0.3) is 0 Å². The van der Waals surface area contributed by atoms with Gasteiger partial charge in [-0.1, -0.05) is 11.6 Å². The number of aromatic nitrogens is 2. The molecule has 0 saturated carbocycles. The third-order valence-corrected chi connectivity index (χ3v) is 2.47. The van der Waals surface area contributed by atoms with Crippen molar-refractivity contribution in [1.29, 1.82) is 5.26 Å². The zero-order valence-electron chi connectivity index (χ0n) is 9.01. The van der Waals surface area contributed by atoms with Crippen LogP contribution in [0.5, 0.6) is 5.75 Å². The Bertz CT molecular complexity index is 531. The molecule has 0 spiro atoms. The summed E-state index contributed by atoms with van der Waals surface area (Å²) in [6.07, 6.45) is 5.28. The van der Waals surface area contributed by atoms with Gasteiger partial charge in [-0.2, -0.15) is 5.26 Å². The molecule has 0 saturated heterocycles. The Morgan fingerprint density at radius 1 is 1.47 bits per heavy atom. The second-order valence-electron chi connectivity index (χ2n) is 3.40. The zero-order chi connectivity index (χ0) is 12.1. The summed E-state index contributed by atoms with van der Waals surface area (Å²) in [5.74, 6) is 0.514. The van der Waals surface area contributed by atoms with E-state index in [1.165, 1.54) is 0 Å². The molecule has 0 atom stereocenters. The first-order chi connectivity index (χ1) is 8.29. The molecule has 86 valence electrons. The van der Waals surface area contributed by atoms with Crippen LogP contribution in [0.15, 0.2) is 36.9 Å². The molecular formula is C12H10ClN3O. The molecule has 1 aromatic heterocycles. The third-order valence-electron chi connectivity index (χ3n) is 2.23. The van der Waals surface area contributed by atoms with E-state index >= 15 is 0 Å². The fraction of sp³-hybridized carbons (Fsp3) is 0.167. The molecule has 0 aliphatic rings. The number of rotatable bonds is 4. The molecule has 2 aromatic rings.